The van der Waals surface area contributed by atoms with Crippen molar-refractivity contribution in [3.05, 3.63) is 35.9 Å². The lowest BCUT2D eigenvalue weighted by Crippen LogP contribution is -2.44. The van der Waals surface area contributed by atoms with Crippen LogP contribution in [0.3, 0.4) is 0 Å². The van der Waals surface area contributed by atoms with Gasteiger partial charge in [-0.15, -0.1) is 0 Å². The summed E-state index contributed by atoms with van der Waals surface area (Å²) in [5, 5.41) is 0. The fourth-order valence-corrected chi connectivity index (χ4v) is 6.31. The van der Waals surface area contributed by atoms with Gasteiger partial charge in [-0.25, -0.2) is 0 Å². The third-order valence-electron chi connectivity index (χ3n) is 5.62. The predicted octanol–water partition coefficient (Wildman–Crippen LogP) is 5.34. The van der Waals surface area contributed by atoms with Crippen molar-refractivity contribution in [2.75, 3.05) is 0 Å². The van der Waals surface area contributed by atoms with E-state index in [0.29, 0.717) is 0 Å². The van der Waals surface area contributed by atoms with Gasteiger partial charge in [0, 0.05) is 0 Å². The topological polar surface area (TPSA) is 26.3 Å². The summed E-state index contributed by atoms with van der Waals surface area (Å²) in [4.78, 5) is 13.1. The van der Waals surface area contributed by atoms with Gasteiger partial charge in [-0.2, -0.15) is 0 Å². The van der Waals surface area contributed by atoms with Crippen LogP contribution in [-0.4, -0.2) is 14.3 Å². The largest absolute Gasteiger partial charge is 0.519 e. The Labute approximate surface area is 136 Å². The first kappa shape index (κ1) is 17.3. The minimum atomic E-state index is -1.86. The average Bonchev–Trinajstić information content (AvgIpc) is 3.03. The Kier molecular flexibility index (Phi) is 5.85. The molecule has 0 N–H and O–H groups in total. The second kappa shape index (κ2) is 7.45. The van der Waals surface area contributed by atoms with Gasteiger partial charge in [0.1, 0.15) is 0 Å². The maximum atomic E-state index is 13.1. The molecule has 1 aliphatic carbocycles. The van der Waals surface area contributed by atoms with Crippen molar-refractivity contribution in [3.63, 3.8) is 0 Å². The molecule has 2 nitrogen and oxygen atoms in total. The van der Waals surface area contributed by atoms with E-state index in [1.807, 2.05) is 6.07 Å². The molecule has 0 radical (unpaired) electrons. The molecule has 0 atom stereocenters. The molecule has 0 aliphatic heterocycles. The Morgan fingerprint density at radius 3 is 2.09 bits per heavy atom. The normalized spacial score (nSPS) is 17.4. The molecular weight excluding hydrogens is 288 g/mol. The highest BCUT2D eigenvalue weighted by Crippen LogP contribution is 2.43. The lowest BCUT2D eigenvalue weighted by Gasteiger charge is -2.34. The quantitative estimate of drug-likeness (QED) is 0.634. The van der Waals surface area contributed by atoms with Crippen LogP contribution in [0.5, 0.6) is 0 Å². The molecule has 1 aromatic carbocycles. The van der Waals surface area contributed by atoms with Gasteiger partial charge in [0.15, 0.2) is 0 Å². The van der Waals surface area contributed by atoms with E-state index in [0.717, 1.165) is 50.2 Å². The molecule has 1 aromatic rings. The third kappa shape index (κ3) is 3.62. The summed E-state index contributed by atoms with van der Waals surface area (Å²) in [5.41, 5.74) is 0.997. The van der Waals surface area contributed by atoms with E-state index in [1.165, 1.54) is 5.56 Å². The first-order valence-electron chi connectivity index (χ1n) is 8.87. The van der Waals surface area contributed by atoms with Crippen LogP contribution in [0.15, 0.2) is 30.3 Å². The van der Waals surface area contributed by atoms with Gasteiger partial charge < -0.3 is 4.43 Å². The smallest absolute Gasteiger partial charge is 0.299 e. The Morgan fingerprint density at radius 2 is 1.59 bits per heavy atom. The molecule has 22 heavy (non-hydrogen) atoms. The van der Waals surface area contributed by atoms with Gasteiger partial charge >= 0.3 is 0 Å². The molecule has 0 spiro atoms. The van der Waals surface area contributed by atoms with Crippen LogP contribution in [0.4, 0.5) is 0 Å². The van der Waals surface area contributed by atoms with E-state index in [4.69, 9.17) is 4.43 Å². The van der Waals surface area contributed by atoms with Gasteiger partial charge in [0.25, 0.3) is 14.3 Å². The van der Waals surface area contributed by atoms with Crippen LogP contribution in [-0.2, 0) is 15.6 Å². The van der Waals surface area contributed by atoms with Gasteiger partial charge in [-0.05, 0) is 43.0 Å². The van der Waals surface area contributed by atoms with Crippen LogP contribution < -0.4 is 0 Å². The molecule has 1 saturated carbocycles. The van der Waals surface area contributed by atoms with E-state index < -0.39 is 8.32 Å². The van der Waals surface area contributed by atoms with Crippen molar-refractivity contribution in [1.29, 1.82) is 0 Å². The molecule has 0 bridgehead atoms. The maximum absolute atomic E-state index is 13.1. The second-order valence-electron chi connectivity index (χ2n) is 6.78. The predicted molar refractivity (Wildman–Crippen MR) is 94.3 cm³/mol. The minimum absolute atomic E-state index is 0.103. The number of hydrogen-bond donors (Lipinski definition) is 0. The summed E-state index contributed by atoms with van der Waals surface area (Å²) in [6, 6.07) is 13.5. The molecule has 0 unspecified atom stereocenters. The standard InChI is InChI=1S/C19H30O2Si/c1-4-22(5-2,6-3)21-18(20)19(14-10-11-15-19)16-17-12-8-7-9-13-17/h7-9,12-13H,4-6,10-11,14-16H2,1-3H3. The highest BCUT2D eigenvalue weighted by atomic mass is 28.4. The monoisotopic (exact) mass is 318 g/mol. The molecule has 1 aliphatic rings. The molecule has 3 heteroatoms. The van der Waals surface area contributed by atoms with Crippen molar-refractivity contribution in [2.45, 2.75) is 71.0 Å². The van der Waals surface area contributed by atoms with Gasteiger partial charge in [-0.3, -0.25) is 4.79 Å². The van der Waals surface area contributed by atoms with Crippen LogP contribution >= 0.6 is 0 Å². The summed E-state index contributed by atoms with van der Waals surface area (Å²) < 4.78 is 6.25. The zero-order chi connectivity index (χ0) is 16.1. The second-order valence-corrected chi connectivity index (χ2v) is 11.5. The van der Waals surface area contributed by atoms with Crippen molar-refractivity contribution >= 4 is 14.3 Å². The Bertz CT molecular complexity index is 465. The fraction of sp³-hybridized carbons (Fsp3) is 0.632. The average molecular weight is 319 g/mol. The molecule has 0 aromatic heterocycles. The van der Waals surface area contributed by atoms with E-state index in [-0.39, 0.29) is 11.4 Å². The Morgan fingerprint density at radius 1 is 1.05 bits per heavy atom. The first-order valence-corrected chi connectivity index (χ1v) is 11.4. The zero-order valence-electron chi connectivity index (χ0n) is 14.4. The van der Waals surface area contributed by atoms with Gasteiger partial charge in [0.05, 0.1) is 5.41 Å². The van der Waals surface area contributed by atoms with Crippen molar-refractivity contribution in [1.82, 2.24) is 0 Å². The fourth-order valence-electron chi connectivity index (χ4n) is 3.76. The van der Waals surface area contributed by atoms with Gasteiger partial charge in [-0.1, -0.05) is 63.9 Å². The van der Waals surface area contributed by atoms with E-state index in [2.05, 4.69) is 45.0 Å². The highest BCUT2D eigenvalue weighted by Gasteiger charge is 2.45. The van der Waals surface area contributed by atoms with E-state index in [9.17, 15) is 4.79 Å². The van der Waals surface area contributed by atoms with Crippen molar-refractivity contribution < 1.29 is 9.22 Å². The van der Waals surface area contributed by atoms with E-state index in [1.54, 1.807) is 0 Å². The highest BCUT2D eigenvalue weighted by molar-refractivity contribution is 6.75. The molecule has 122 valence electrons. The minimum Gasteiger partial charge on any atom is -0.519 e. The van der Waals surface area contributed by atoms with Gasteiger partial charge in [0.2, 0.25) is 0 Å². The summed E-state index contributed by atoms with van der Waals surface area (Å²) in [5.74, 6) is 0.103. The lowest BCUT2D eigenvalue weighted by atomic mass is 9.80. The number of hydrogen-bond acceptors (Lipinski definition) is 2. The first-order chi connectivity index (χ1) is 10.6. The molecule has 2 rings (SSSR count). The number of rotatable bonds is 7. The summed E-state index contributed by atoms with van der Waals surface area (Å²) in [7, 11) is -1.86. The maximum Gasteiger partial charge on any atom is 0.299 e. The Hall–Kier alpha value is -1.09. The summed E-state index contributed by atoms with van der Waals surface area (Å²) >= 11 is 0. The number of carbonyl (C=O) groups is 1. The van der Waals surface area contributed by atoms with Crippen LogP contribution in [0.1, 0.15) is 52.0 Å². The zero-order valence-corrected chi connectivity index (χ0v) is 15.4. The van der Waals surface area contributed by atoms with Crippen molar-refractivity contribution in [3.8, 4) is 0 Å². The molecule has 0 heterocycles. The van der Waals surface area contributed by atoms with Crippen LogP contribution in [0.25, 0.3) is 0 Å². The summed E-state index contributed by atoms with van der Waals surface area (Å²) in [6.07, 6.45) is 5.13. The molecule has 0 saturated heterocycles. The molecule has 0 amide bonds. The number of carbonyl (C=O) groups excluding carboxylic acids is 1. The molecule has 1 fully saturated rings. The third-order valence-corrected chi connectivity index (χ3v) is 10.1. The Balaban J connectivity index is 2.18. The van der Waals surface area contributed by atoms with Crippen LogP contribution in [0.2, 0.25) is 18.1 Å². The van der Waals surface area contributed by atoms with Crippen molar-refractivity contribution in [2.24, 2.45) is 5.41 Å². The van der Waals surface area contributed by atoms with E-state index >= 15 is 0 Å². The van der Waals surface area contributed by atoms with Crippen LogP contribution in [0, 0.1) is 5.41 Å². The summed E-state index contributed by atoms with van der Waals surface area (Å²) in [6.45, 7) is 6.56. The SMILES string of the molecule is CC[Si](CC)(CC)OC(=O)C1(Cc2ccccc2)CCCC1. The number of benzene rings is 1. The lowest BCUT2D eigenvalue weighted by molar-refractivity contribution is -0.146. The molecular formula is C19H30O2Si.